The van der Waals surface area contributed by atoms with E-state index in [2.05, 4.69) is 15.0 Å². The summed E-state index contributed by atoms with van der Waals surface area (Å²) in [6.45, 7) is -0.729. The number of ether oxygens (including phenoxy) is 2. The van der Waals surface area contributed by atoms with Gasteiger partial charge >= 0.3 is 6.61 Å². The highest BCUT2D eigenvalue weighted by atomic mass is 19.3. The van der Waals surface area contributed by atoms with E-state index in [9.17, 15) is 23.2 Å². The first-order valence-corrected chi connectivity index (χ1v) is 13.6. The number of hydrogen-bond donors (Lipinski definition) is 1. The minimum atomic E-state index is -2.83. The van der Waals surface area contributed by atoms with Crippen LogP contribution >= 0.6 is 0 Å². The Labute approximate surface area is 225 Å². The number of carbonyl (C=O) groups excluding carboxylic acids is 3. The van der Waals surface area contributed by atoms with Crippen molar-refractivity contribution in [3.63, 3.8) is 0 Å². The Morgan fingerprint density at radius 1 is 0.923 bits per heavy atom. The Morgan fingerprint density at radius 3 is 2.41 bits per heavy atom. The molecule has 10 heteroatoms. The van der Waals surface area contributed by atoms with Gasteiger partial charge in [-0.15, -0.1) is 0 Å². The molecule has 0 radical (unpaired) electrons. The molecular weight excluding hydrogens is 508 g/mol. The fourth-order valence-electron chi connectivity index (χ4n) is 6.35. The van der Waals surface area contributed by atoms with E-state index >= 15 is 0 Å². The highest BCUT2D eigenvalue weighted by Crippen LogP contribution is 2.37. The smallest absolute Gasteiger partial charge is 0.387 e. The van der Waals surface area contributed by atoms with E-state index in [1.54, 1.807) is 23.1 Å². The Hall–Kier alpha value is -3.53. The van der Waals surface area contributed by atoms with Gasteiger partial charge in [0.15, 0.2) is 0 Å². The van der Waals surface area contributed by atoms with Crippen LogP contribution in [0.3, 0.4) is 0 Å². The van der Waals surface area contributed by atoms with Crippen molar-refractivity contribution in [2.75, 3.05) is 13.1 Å². The average molecular weight is 540 g/mol. The van der Waals surface area contributed by atoms with E-state index in [1.807, 2.05) is 24.3 Å². The number of hydrogen-bond acceptors (Lipinski definition) is 6. The molecule has 3 heterocycles. The fraction of sp³-hybridized carbons (Fsp3) is 0.483. The van der Waals surface area contributed by atoms with Crippen molar-refractivity contribution in [2.45, 2.75) is 75.8 Å². The maximum Gasteiger partial charge on any atom is 0.387 e. The maximum absolute atomic E-state index is 13.0. The number of fused-ring (bicyclic) bond motifs is 1. The predicted molar refractivity (Wildman–Crippen MR) is 137 cm³/mol. The molecule has 0 spiro atoms. The van der Waals surface area contributed by atoms with Crippen LogP contribution in [0.15, 0.2) is 42.5 Å². The standard InChI is InChI=1S/C29H31F2N3O5/c30-29(31)39-20-7-5-17(6-8-20)19-14-33(15-19)23-3-1-2-4-25(23)38-21-9-10-22-18(13-21)16-34(28(22)37)24-11-12-26(35)32-27(24)36/h5-10,13,19,23-25,29H,1-4,11-12,14-16H2,(H,32,35,36)/t23-,24?,25-/m1/s1. The number of benzene rings is 2. The van der Waals surface area contributed by atoms with Crippen molar-refractivity contribution in [3.8, 4) is 11.5 Å². The first-order valence-electron chi connectivity index (χ1n) is 13.6. The Bertz CT molecular complexity index is 1260. The summed E-state index contributed by atoms with van der Waals surface area (Å²) in [6, 6.07) is 12.1. The number of nitrogens with one attached hydrogen (secondary N) is 1. The topological polar surface area (TPSA) is 88.2 Å². The van der Waals surface area contributed by atoms with Gasteiger partial charge in [0.05, 0.1) is 0 Å². The zero-order valence-electron chi connectivity index (χ0n) is 21.5. The van der Waals surface area contributed by atoms with Gasteiger partial charge in [0.25, 0.3) is 5.91 Å². The molecule has 8 nitrogen and oxygen atoms in total. The summed E-state index contributed by atoms with van der Waals surface area (Å²) in [5.41, 5.74) is 2.52. The summed E-state index contributed by atoms with van der Waals surface area (Å²) < 4.78 is 35.8. The van der Waals surface area contributed by atoms with Crippen LogP contribution in [-0.2, 0) is 16.1 Å². The minimum Gasteiger partial charge on any atom is -0.489 e. The Morgan fingerprint density at radius 2 is 1.67 bits per heavy atom. The van der Waals surface area contributed by atoms with Crippen LogP contribution in [0.5, 0.6) is 11.5 Å². The third-order valence-corrected chi connectivity index (χ3v) is 8.41. The third-order valence-electron chi connectivity index (χ3n) is 8.41. The molecule has 3 aliphatic heterocycles. The highest BCUT2D eigenvalue weighted by molar-refractivity contribution is 6.05. The molecule has 1 aliphatic carbocycles. The van der Waals surface area contributed by atoms with Crippen molar-refractivity contribution in [2.24, 2.45) is 0 Å². The van der Waals surface area contributed by atoms with Crippen LogP contribution in [0, 0.1) is 0 Å². The quantitative estimate of drug-likeness (QED) is 0.538. The van der Waals surface area contributed by atoms with Crippen molar-refractivity contribution in [1.29, 1.82) is 0 Å². The number of amides is 3. The normalized spacial score (nSPS) is 25.9. The Kier molecular flexibility index (Phi) is 6.97. The van der Waals surface area contributed by atoms with Crippen molar-refractivity contribution in [1.82, 2.24) is 15.1 Å². The number of imide groups is 1. The van der Waals surface area contributed by atoms with E-state index in [0.717, 1.165) is 55.6 Å². The number of rotatable bonds is 7. The third kappa shape index (κ3) is 5.22. The number of carbonyl (C=O) groups is 3. The van der Waals surface area contributed by atoms with E-state index in [-0.39, 0.29) is 36.1 Å². The van der Waals surface area contributed by atoms with Gasteiger partial charge in [0, 0.05) is 43.6 Å². The Balaban J connectivity index is 1.08. The lowest BCUT2D eigenvalue weighted by Crippen LogP contribution is -2.57. The lowest BCUT2D eigenvalue weighted by Gasteiger charge is -2.48. The van der Waals surface area contributed by atoms with E-state index in [1.165, 1.54) is 0 Å². The lowest BCUT2D eigenvalue weighted by molar-refractivity contribution is -0.136. The molecule has 1 unspecified atom stereocenters. The van der Waals surface area contributed by atoms with Gasteiger partial charge in [-0.1, -0.05) is 18.6 Å². The average Bonchev–Trinajstić information content (AvgIpc) is 3.20. The second-order valence-electron chi connectivity index (χ2n) is 10.8. The van der Waals surface area contributed by atoms with Crippen molar-refractivity contribution < 1.29 is 32.6 Å². The molecule has 3 amide bonds. The molecule has 39 heavy (non-hydrogen) atoms. The molecule has 3 fully saturated rings. The summed E-state index contributed by atoms with van der Waals surface area (Å²) >= 11 is 0. The number of alkyl halides is 2. The zero-order chi connectivity index (χ0) is 27.1. The summed E-state index contributed by atoms with van der Waals surface area (Å²) in [6.07, 6.45) is 4.82. The lowest BCUT2D eigenvalue weighted by atomic mass is 9.84. The molecule has 0 aromatic heterocycles. The summed E-state index contributed by atoms with van der Waals surface area (Å²) in [5.74, 6) is 0.319. The molecular formula is C29H31F2N3O5. The zero-order valence-corrected chi connectivity index (χ0v) is 21.5. The molecule has 2 aromatic rings. The molecule has 4 aliphatic rings. The van der Waals surface area contributed by atoms with Crippen LogP contribution in [0.2, 0.25) is 0 Å². The predicted octanol–water partition coefficient (Wildman–Crippen LogP) is 3.84. The molecule has 6 rings (SSSR count). The number of halogens is 2. The number of nitrogens with zero attached hydrogens (tertiary/aromatic N) is 2. The number of piperidine rings is 1. The molecule has 2 aromatic carbocycles. The second kappa shape index (κ2) is 10.6. The van der Waals surface area contributed by atoms with Crippen molar-refractivity contribution in [3.05, 3.63) is 59.2 Å². The van der Waals surface area contributed by atoms with E-state index < -0.39 is 18.6 Å². The molecule has 0 bridgehead atoms. The summed E-state index contributed by atoms with van der Waals surface area (Å²) in [4.78, 5) is 40.8. The molecule has 1 N–H and O–H groups in total. The minimum absolute atomic E-state index is 0.0305. The highest BCUT2D eigenvalue weighted by Gasteiger charge is 2.41. The van der Waals surface area contributed by atoms with Crippen LogP contribution in [-0.4, -0.2) is 65.4 Å². The number of likely N-dealkylation sites (tertiary alicyclic amines) is 1. The van der Waals surface area contributed by atoms with Gasteiger partial charge in [0.1, 0.15) is 23.6 Å². The van der Waals surface area contributed by atoms with Crippen LogP contribution in [0.1, 0.15) is 65.9 Å². The molecule has 206 valence electrons. The largest absolute Gasteiger partial charge is 0.489 e. The second-order valence-corrected chi connectivity index (χ2v) is 10.8. The van der Waals surface area contributed by atoms with Gasteiger partial charge in [-0.25, -0.2) is 0 Å². The van der Waals surface area contributed by atoms with Gasteiger partial charge in [-0.3, -0.25) is 24.6 Å². The fourth-order valence-corrected chi connectivity index (χ4v) is 6.35. The monoisotopic (exact) mass is 539 g/mol. The van der Waals surface area contributed by atoms with Crippen molar-refractivity contribution >= 4 is 17.7 Å². The molecule has 3 atom stereocenters. The maximum atomic E-state index is 13.0. The first-order chi connectivity index (χ1) is 18.9. The summed E-state index contributed by atoms with van der Waals surface area (Å²) in [7, 11) is 0. The van der Waals surface area contributed by atoms with Gasteiger partial charge in [-0.05, 0) is 67.1 Å². The molecule has 1 saturated carbocycles. The molecule has 2 saturated heterocycles. The van der Waals surface area contributed by atoms with Crippen LogP contribution in [0.4, 0.5) is 8.78 Å². The van der Waals surface area contributed by atoms with E-state index in [4.69, 9.17) is 4.74 Å². The van der Waals surface area contributed by atoms with Gasteiger partial charge in [0.2, 0.25) is 11.8 Å². The van der Waals surface area contributed by atoms with Gasteiger partial charge < -0.3 is 14.4 Å². The van der Waals surface area contributed by atoms with Gasteiger partial charge in [-0.2, -0.15) is 8.78 Å². The first kappa shape index (κ1) is 25.7. The summed E-state index contributed by atoms with van der Waals surface area (Å²) in [5, 5.41) is 2.33. The SMILES string of the molecule is O=C1CCC(N2Cc3cc(O[C@@H]4CCCC[C@H]4N4CC(c5ccc(OC(F)F)cc5)C4)ccc3C2=O)C(=O)N1. The van der Waals surface area contributed by atoms with Crippen LogP contribution in [0.25, 0.3) is 0 Å². The van der Waals surface area contributed by atoms with Crippen LogP contribution < -0.4 is 14.8 Å². The van der Waals surface area contributed by atoms with E-state index in [0.29, 0.717) is 24.4 Å².